The van der Waals surface area contributed by atoms with Crippen LogP contribution in [0.5, 0.6) is 0 Å². The molecule has 0 spiro atoms. The van der Waals surface area contributed by atoms with Crippen molar-refractivity contribution < 1.29 is 14.0 Å². The lowest BCUT2D eigenvalue weighted by atomic mass is 9.83. The van der Waals surface area contributed by atoms with Gasteiger partial charge in [0.25, 0.3) is 0 Å². The van der Waals surface area contributed by atoms with Crippen molar-refractivity contribution in [2.24, 2.45) is 11.8 Å². The molecule has 1 saturated carbocycles. The second-order valence-electron chi connectivity index (χ2n) is 4.80. The van der Waals surface area contributed by atoms with Gasteiger partial charge in [-0.3, -0.25) is 9.59 Å². The van der Waals surface area contributed by atoms with Crippen LogP contribution in [0.3, 0.4) is 0 Å². The van der Waals surface area contributed by atoms with Crippen LogP contribution in [-0.2, 0) is 9.59 Å². The van der Waals surface area contributed by atoms with Gasteiger partial charge < -0.3 is 4.90 Å². The average Bonchev–Trinajstić information content (AvgIpc) is 2.27. The number of carbonyl (C=O) groups is 2. The van der Waals surface area contributed by atoms with Gasteiger partial charge in [-0.2, -0.15) is 0 Å². The van der Waals surface area contributed by atoms with Crippen LogP contribution >= 0.6 is 11.8 Å². The maximum absolute atomic E-state index is 12.0. The molecule has 0 aromatic heterocycles. The van der Waals surface area contributed by atoms with E-state index >= 15 is 0 Å². The summed E-state index contributed by atoms with van der Waals surface area (Å²) in [5.41, 5.74) is 0. The summed E-state index contributed by atoms with van der Waals surface area (Å²) in [4.78, 5) is 25.3. The highest BCUT2D eigenvalue weighted by molar-refractivity contribution is 8.13. The van der Waals surface area contributed by atoms with Crippen LogP contribution < -0.4 is 0 Å². The van der Waals surface area contributed by atoms with Gasteiger partial charge in [-0.15, -0.1) is 0 Å². The number of hydrogen-bond donors (Lipinski definition) is 0. The number of rotatable bonds is 3. The van der Waals surface area contributed by atoms with Gasteiger partial charge in [0.2, 0.25) is 5.91 Å². The lowest BCUT2D eigenvalue weighted by Crippen LogP contribution is -2.44. The zero-order valence-electron chi connectivity index (χ0n) is 9.86. The first kappa shape index (κ1) is 12.9. The Bertz CT molecular complexity index is 299. The van der Waals surface area contributed by atoms with Crippen molar-refractivity contribution >= 4 is 22.8 Å². The van der Waals surface area contributed by atoms with Gasteiger partial charge in [0.05, 0.1) is 0 Å². The topological polar surface area (TPSA) is 37.4 Å². The van der Waals surface area contributed by atoms with Crippen molar-refractivity contribution in [1.29, 1.82) is 0 Å². The van der Waals surface area contributed by atoms with Crippen LogP contribution in [0.15, 0.2) is 0 Å². The molecule has 2 fully saturated rings. The summed E-state index contributed by atoms with van der Waals surface area (Å²) in [6, 6.07) is -0.639. The average molecular weight is 259 g/mol. The Kier molecular flexibility index (Phi) is 4.42. The largest absolute Gasteiger partial charge is 0.342 e. The molecule has 5 heteroatoms. The molecular weight excluding hydrogens is 241 g/mol. The van der Waals surface area contributed by atoms with Crippen LogP contribution in [0.25, 0.3) is 0 Å². The van der Waals surface area contributed by atoms with E-state index in [2.05, 4.69) is 0 Å². The van der Waals surface area contributed by atoms with Gasteiger partial charge in [0.1, 0.15) is 6.01 Å². The van der Waals surface area contributed by atoms with E-state index in [0.29, 0.717) is 25.9 Å². The van der Waals surface area contributed by atoms with Crippen LogP contribution in [0.2, 0.25) is 0 Å². The Hall–Kier alpha value is -0.580. The third kappa shape index (κ3) is 3.00. The van der Waals surface area contributed by atoms with Crippen molar-refractivity contribution in [3.8, 4) is 0 Å². The number of nitrogens with zero attached hydrogens (tertiary/aromatic N) is 1. The maximum Gasteiger partial charge on any atom is 0.225 e. The van der Waals surface area contributed by atoms with Crippen LogP contribution in [-0.4, -0.2) is 35.0 Å². The van der Waals surface area contributed by atoms with Crippen molar-refractivity contribution in [3.63, 3.8) is 0 Å². The molecule has 1 heterocycles. The summed E-state index contributed by atoms with van der Waals surface area (Å²) in [6.45, 7) is 1.33. The quantitative estimate of drug-likeness (QED) is 0.780. The Morgan fingerprint density at radius 1 is 1.12 bits per heavy atom. The Morgan fingerprint density at radius 2 is 1.76 bits per heavy atom. The molecule has 17 heavy (non-hydrogen) atoms. The van der Waals surface area contributed by atoms with Gasteiger partial charge in [-0.1, -0.05) is 18.2 Å². The molecule has 0 radical (unpaired) electrons. The molecule has 2 rings (SSSR count). The summed E-state index contributed by atoms with van der Waals surface area (Å²) >= 11 is 0.760. The number of alkyl halides is 1. The van der Waals surface area contributed by atoms with Crippen LogP contribution in [0.1, 0.15) is 32.1 Å². The fourth-order valence-corrected chi connectivity index (χ4v) is 3.00. The molecule has 0 atom stereocenters. The van der Waals surface area contributed by atoms with Gasteiger partial charge in [-0.25, -0.2) is 4.39 Å². The molecule has 2 aliphatic rings. The zero-order valence-corrected chi connectivity index (χ0v) is 10.7. The van der Waals surface area contributed by atoms with E-state index in [9.17, 15) is 14.0 Å². The number of amides is 1. The number of thioether (sulfide) groups is 1. The first-order valence-corrected chi connectivity index (χ1v) is 7.22. The SMILES string of the molecule is O=C(SCF)C1CCN(C(=O)C2CCC2)CC1. The summed E-state index contributed by atoms with van der Waals surface area (Å²) < 4.78 is 12.0. The fourth-order valence-electron chi connectivity index (χ4n) is 2.42. The van der Waals surface area contributed by atoms with E-state index in [1.165, 1.54) is 6.42 Å². The molecule has 0 bridgehead atoms. The molecule has 0 N–H and O–H groups in total. The lowest BCUT2D eigenvalue weighted by Gasteiger charge is -2.36. The van der Waals surface area contributed by atoms with E-state index in [0.717, 1.165) is 24.6 Å². The highest BCUT2D eigenvalue weighted by Crippen LogP contribution is 2.30. The summed E-state index contributed by atoms with van der Waals surface area (Å²) in [7, 11) is 0. The minimum atomic E-state index is -0.639. The monoisotopic (exact) mass is 259 g/mol. The fraction of sp³-hybridized carbons (Fsp3) is 0.833. The van der Waals surface area contributed by atoms with Crippen LogP contribution in [0, 0.1) is 11.8 Å². The Labute approximate surface area is 105 Å². The molecule has 1 aliphatic heterocycles. The maximum atomic E-state index is 12.0. The highest BCUT2D eigenvalue weighted by Gasteiger charge is 2.33. The van der Waals surface area contributed by atoms with Gasteiger partial charge >= 0.3 is 0 Å². The molecule has 0 unspecified atom stereocenters. The standard InChI is InChI=1S/C12H18FNO2S/c13-8-17-12(16)10-4-6-14(7-5-10)11(15)9-2-1-3-9/h9-10H,1-8H2. The summed E-state index contributed by atoms with van der Waals surface area (Å²) in [5.74, 6) is 0.448. The molecule has 1 aliphatic carbocycles. The number of likely N-dealkylation sites (tertiary alicyclic amines) is 1. The molecular formula is C12H18FNO2S. The first-order chi connectivity index (χ1) is 8.22. The van der Waals surface area contributed by atoms with E-state index in [1.54, 1.807) is 0 Å². The predicted octanol–water partition coefficient (Wildman–Crippen LogP) is 2.21. The third-order valence-electron chi connectivity index (χ3n) is 3.79. The second-order valence-corrected chi connectivity index (χ2v) is 5.71. The Morgan fingerprint density at radius 3 is 2.24 bits per heavy atom. The number of halogens is 1. The predicted molar refractivity (Wildman–Crippen MR) is 65.2 cm³/mol. The molecule has 1 saturated heterocycles. The minimum Gasteiger partial charge on any atom is -0.342 e. The van der Waals surface area contributed by atoms with E-state index < -0.39 is 6.01 Å². The van der Waals surface area contributed by atoms with E-state index in [-0.39, 0.29) is 22.9 Å². The van der Waals surface area contributed by atoms with Crippen molar-refractivity contribution in [2.75, 3.05) is 19.1 Å². The normalized spacial score (nSPS) is 22.3. The molecule has 1 amide bonds. The van der Waals surface area contributed by atoms with Crippen LogP contribution in [0.4, 0.5) is 4.39 Å². The highest BCUT2D eigenvalue weighted by atomic mass is 32.2. The summed E-state index contributed by atoms with van der Waals surface area (Å²) in [6.07, 6.45) is 4.61. The van der Waals surface area contributed by atoms with E-state index in [1.807, 2.05) is 4.90 Å². The molecule has 0 aromatic rings. The van der Waals surface area contributed by atoms with Crippen molar-refractivity contribution in [1.82, 2.24) is 4.90 Å². The number of piperidine rings is 1. The molecule has 0 aromatic carbocycles. The number of hydrogen-bond acceptors (Lipinski definition) is 3. The molecule has 3 nitrogen and oxygen atoms in total. The summed E-state index contributed by atoms with van der Waals surface area (Å²) in [5, 5.41) is -0.0526. The second kappa shape index (κ2) is 5.85. The van der Waals surface area contributed by atoms with E-state index in [4.69, 9.17) is 0 Å². The lowest BCUT2D eigenvalue weighted by molar-refractivity contribution is -0.140. The van der Waals surface area contributed by atoms with Gasteiger partial charge in [-0.05, 0) is 25.7 Å². The first-order valence-electron chi connectivity index (χ1n) is 6.23. The number of carbonyl (C=O) groups excluding carboxylic acids is 2. The minimum absolute atomic E-state index is 0.0526. The van der Waals surface area contributed by atoms with Crippen molar-refractivity contribution in [2.45, 2.75) is 32.1 Å². The van der Waals surface area contributed by atoms with Gasteiger partial charge in [0.15, 0.2) is 5.12 Å². The van der Waals surface area contributed by atoms with Crippen molar-refractivity contribution in [3.05, 3.63) is 0 Å². The third-order valence-corrected chi connectivity index (χ3v) is 4.52. The zero-order chi connectivity index (χ0) is 12.3. The Balaban J connectivity index is 1.77. The molecule has 96 valence electrons. The smallest absolute Gasteiger partial charge is 0.225 e. The van der Waals surface area contributed by atoms with Gasteiger partial charge in [0, 0.05) is 24.9 Å².